The van der Waals surface area contributed by atoms with Crippen LogP contribution in [-0.4, -0.2) is 16.5 Å². The van der Waals surface area contributed by atoms with Crippen LogP contribution in [0.2, 0.25) is 0 Å². The Bertz CT molecular complexity index is 716. The third-order valence-electron chi connectivity index (χ3n) is 3.91. The second-order valence-corrected chi connectivity index (χ2v) is 7.21. The Kier molecular flexibility index (Phi) is 4.57. The summed E-state index contributed by atoms with van der Waals surface area (Å²) in [5.74, 6) is 0.0399. The highest BCUT2D eigenvalue weighted by molar-refractivity contribution is 7.14. The van der Waals surface area contributed by atoms with E-state index in [1.807, 2.05) is 38.2 Å². The van der Waals surface area contributed by atoms with Gasteiger partial charge in [-0.3, -0.25) is 14.4 Å². The highest BCUT2D eigenvalue weighted by atomic mass is 32.1. The number of rotatable bonds is 2. The highest BCUT2D eigenvalue weighted by Crippen LogP contribution is 2.29. The maximum absolute atomic E-state index is 12.9. The number of thiophene rings is 1. The third kappa shape index (κ3) is 3.22. The molecule has 0 spiro atoms. The van der Waals surface area contributed by atoms with Gasteiger partial charge in [-0.25, -0.2) is 0 Å². The molecule has 1 aliphatic carbocycles. The summed E-state index contributed by atoms with van der Waals surface area (Å²) in [7, 11) is 0. The summed E-state index contributed by atoms with van der Waals surface area (Å²) in [6.07, 6.45) is 7.83. The first kappa shape index (κ1) is 15.2. The van der Waals surface area contributed by atoms with Crippen LogP contribution in [0.15, 0.2) is 35.5 Å². The topological polar surface area (TPSA) is 34.4 Å². The molecule has 0 N–H and O–H groups in total. The van der Waals surface area contributed by atoms with E-state index in [4.69, 9.17) is 0 Å². The van der Waals surface area contributed by atoms with E-state index >= 15 is 0 Å². The lowest BCUT2D eigenvalue weighted by atomic mass is 10.1. The van der Waals surface area contributed by atoms with Crippen LogP contribution in [-0.2, 0) is 12.8 Å². The van der Waals surface area contributed by atoms with Gasteiger partial charge in [-0.15, -0.1) is 11.3 Å². The molecule has 0 aliphatic heterocycles. The van der Waals surface area contributed by atoms with Crippen LogP contribution in [0.5, 0.6) is 0 Å². The summed E-state index contributed by atoms with van der Waals surface area (Å²) in [6, 6.07) is 7.98. The largest absolute Gasteiger partial charge is 0.273 e. The summed E-state index contributed by atoms with van der Waals surface area (Å²) in [5, 5.41) is 0. The van der Waals surface area contributed by atoms with Crippen LogP contribution in [0.4, 0.5) is 0 Å². The number of hydrogen-bond acceptors (Lipinski definition) is 3. The monoisotopic (exact) mass is 314 g/mol. The normalized spacial score (nSPS) is 15.7. The average molecular weight is 314 g/mol. The summed E-state index contributed by atoms with van der Waals surface area (Å²) in [6.45, 7) is 4.05. The fourth-order valence-corrected chi connectivity index (χ4v) is 4.06. The van der Waals surface area contributed by atoms with Crippen LogP contribution in [0.3, 0.4) is 0 Å². The molecular weight excluding hydrogens is 292 g/mol. The van der Waals surface area contributed by atoms with Gasteiger partial charge in [0.1, 0.15) is 5.49 Å². The van der Waals surface area contributed by atoms with E-state index in [1.165, 1.54) is 29.7 Å². The molecule has 0 fully saturated rings. The van der Waals surface area contributed by atoms with Crippen molar-refractivity contribution in [3.8, 4) is 0 Å². The highest BCUT2D eigenvalue weighted by Gasteiger charge is 2.17. The number of hydrogen-bond donors (Lipinski definition) is 0. The van der Waals surface area contributed by atoms with Crippen molar-refractivity contribution in [3.05, 3.63) is 51.3 Å². The average Bonchev–Trinajstić information content (AvgIpc) is 2.78. The quantitative estimate of drug-likeness (QED) is 0.776. The van der Waals surface area contributed by atoms with E-state index in [9.17, 15) is 4.79 Å². The molecule has 3 nitrogen and oxygen atoms in total. The molecule has 0 saturated heterocycles. The first-order chi connectivity index (χ1) is 10.6. The fourth-order valence-electron chi connectivity index (χ4n) is 2.87. The molecule has 0 aromatic carbocycles. The minimum Gasteiger partial charge on any atom is -0.267 e. The van der Waals surface area contributed by atoms with E-state index in [1.54, 1.807) is 15.9 Å². The number of carbonyl (C=O) groups excluding carboxylic acids is 1. The number of aromatic nitrogens is 1. The fraction of sp³-hybridized carbons (Fsp3) is 0.444. The minimum absolute atomic E-state index is 0.0399. The zero-order valence-electron chi connectivity index (χ0n) is 13.2. The van der Waals surface area contributed by atoms with Crippen molar-refractivity contribution < 1.29 is 4.79 Å². The van der Waals surface area contributed by atoms with Gasteiger partial charge in [0.2, 0.25) is 0 Å². The second-order valence-electron chi connectivity index (χ2n) is 6.08. The molecule has 0 unspecified atom stereocenters. The molecule has 2 aromatic heterocycles. The van der Waals surface area contributed by atoms with Crippen LogP contribution in [0.1, 0.15) is 53.2 Å². The molecule has 0 atom stereocenters. The van der Waals surface area contributed by atoms with Crippen LogP contribution >= 0.6 is 11.3 Å². The van der Waals surface area contributed by atoms with Crippen LogP contribution in [0, 0.1) is 0 Å². The molecule has 4 heteroatoms. The van der Waals surface area contributed by atoms with Crippen molar-refractivity contribution in [2.24, 2.45) is 4.99 Å². The van der Waals surface area contributed by atoms with Gasteiger partial charge >= 0.3 is 0 Å². The zero-order chi connectivity index (χ0) is 15.5. The number of fused-ring (bicyclic) bond motifs is 1. The van der Waals surface area contributed by atoms with E-state index in [2.05, 4.69) is 11.1 Å². The molecule has 0 radical (unpaired) electrons. The predicted octanol–water partition coefficient (Wildman–Crippen LogP) is 3.82. The lowest BCUT2D eigenvalue weighted by molar-refractivity contribution is 0.0958. The summed E-state index contributed by atoms with van der Waals surface area (Å²) >= 11 is 1.67. The van der Waals surface area contributed by atoms with Crippen molar-refractivity contribution in [2.75, 3.05) is 0 Å². The molecule has 116 valence electrons. The lowest BCUT2D eigenvalue weighted by Crippen LogP contribution is -2.27. The van der Waals surface area contributed by atoms with Crippen molar-refractivity contribution in [1.82, 2.24) is 4.57 Å². The summed E-state index contributed by atoms with van der Waals surface area (Å²) < 4.78 is 1.67. The smallest absolute Gasteiger partial charge is 0.267 e. The van der Waals surface area contributed by atoms with Crippen LogP contribution < -0.4 is 5.49 Å². The standard InChI is InChI=1S/C18H22N2OS/c1-13(2)19-17-10-6-7-11-20(17)18(21)16-12-14-8-4-3-5-9-15(14)22-16/h6-7,10-13H,3-5,8-9H2,1-2H3. The second kappa shape index (κ2) is 6.61. The van der Waals surface area contributed by atoms with Crippen molar-refractivity contribution >= 4 is 17.2 Å². The third-order valence-corrected chi connectivity index (χ3v) is 5.13. The molecule has 22 heavy (non-hydrogen) atoms. The van der Waals surface area contributed by atoms with Gasteiger partial charge in [-0.2, -0.15) is 0 Å². The van der Waals surface area contributed by atoms with Crippen molar-refractivity contribution in [3.63, 3.8) is 0 Å². The maximum atomic E-state index is 12.9. The Morgan fingerprint density at radius 1 is 1.23 bits per heavy atom. The molecule has 0 amide bonds. The Labute approximate surface area is 135 Å². The lowest BCUT2D eigenvalue weighted by Gasteiger charge is -2.05. The molecule has 1 aliphatic rings. The number of aryl methyl sites for hydroxylation is 2. The Hall–Kier alpha value is -1.68. The SMILES string of the molecule is CC(C)N=c1ccccn1C(=O)c1cc2c(s1)CCCCC2. The van der Waals surface area contributed by atoms with Gasteiger partial charge in [0, 0.05) is 17.1 Å². The van der Waals surface area contributed by atoms with E-state index < -0.39 is 0 Å². The molecular formula is C18H22N2OS. The predicted molar refractivity (Wildman–Crippen MR) is 90.4 cm³/mol. The van der Waals surface area contributed by atoms with E-state index in [0.717, 1.165) is 23.2 Å². The van der Waals surface area contributed by atoms with Crippen molar-refractivity contribution in [1.29, 1.82) is 0 Å². The van der Waals surface area contributed by atoms with Gasteiger partial charge < -0.3 is 0 Å². The number of nitrogens with zero attached hydrogens (tertiary/aromatic N) is 2. The summed E-state index contributed by atoms with van der Waals surface area (Å²) in [4.78, 5) is 19.7. The van der Waals surface area contributed by atoms with Gasteiger partial charge in [0.25, 0.3) is 5.91 Å². The first-order valence-corrected chi connectivity index (χ1v) is 8.84. The Morgan fingerprint density at radius 2 is 2.05 bits per heavy atom. The Balaban J connectivity index is 1.99. The van der Waals surface area contributed by atoms with Gasteiger partial charge in [0.15, 0.2) is 0 Å². The van der Waals surface area contributed by atoms with Gasteiger partial charge in [0.05, 0.1) is 4.88 Å². The zero-order valence-corrected chi connectivity index (χ0v) is 14.0. The summed E-state index contributed by atoms with van der Waals surface area (Å²) in [5.41, 5.74) is 2.11. The van der Waals surface area contributed by atoms with Gasteiger partial charge in [-0.05, 0) is 63.3 Å². The molecule has 0 bridgehead atoms. The molecule has 3 rings (SSSR count). The number of carbonyl (C=O) groups is 1. The molecule has 2 heterocycles. The van der Waals surface area contributed by atoms with Gasteiger partial charge in [-0.1, -0.05) is 12.5 Å². The Morgan fingerprint density at radius 3 is 2.86 bits per heavy atom. The number of pyridine rings is 1. The molecule has 0 saturated carbocycles. The first-order valence-electron chi connectivity index (χ1n) is 8.03. The maximum Gasteiger partial charge on any atom is 0.273 e. The van der Waals surface area contributed by atoms with Crippen molar-refractivity contribution in [2.45, 2.75) is 52.0 Å². The van der Waals surface area contributed by atoms with E-state index in [0.29, 0.717) is 0 Å². The van der Waals surface area contributed by atoms with E-state index in [-0.39, 0.29) is 11.9 Å². The van der Waals surface area contributed by atoms with Crippen LogP contribution in [0.25, 0.3) is 0 Å². The minimum atomic E-state index is 0.0399. The molecule has 2 aromatic rings.